The van der Waals surface area contributed by atoms with Crippen molar-refractivity contribution in [2.24, 2.45) is 11.8 Å². The monoisotopic (exact) mass is 381 g/mol. The summed E-state index contributed by atoms with van der Waals surface area (Å²) in [5.41, 5.74) is 1.12. The standard InChI is InChI=1S/C17H20BrNO4/c18-12-5-1-3-10(7-12)13-8-14(13)16(20)19-15(17(21)22)11-4-2-6-23-9-11/h1,3,5,7,11,13-15H,2,4,6,8-9H2,(H,19,20)(H,21,22). The quantitative estimate of drug-likeness (QED) is 0.821. The van der Waals surface area contributed by atoms with Crippen LogP contribution < -0.4 is 5.32 Å². The molecule has 1 amide bonds. The van der Waals surface area contributed by atoms with E-state index in [0.29, 0.717) is 13.2 Å². The second-order valence-corrected chi connectivity index (χ2v) is 7.22. The molecule has 5 nitrogen and oxygen atoms in total. The van der Waals surface area contributed by atoms with Crippen LogP contribution in [0.3, 0.4) is 0 Å². The number of carboxylic acid groups (broad SMARTS) is 1. The molecule has 1 saturated carbocycles. The van der Waals surface area contributed by atoms with E-state index in [-0.39, 0.29) is 23.7 Å². The van der Waals surface area contributed by atoms with Crippen LogP contribution >= 0.6 is 15.9 Å². The van der Waals surface area contributed by atoms with Gasteiger partial charge in [0, 0.05) is 22.9 Å². The third-order valence-corrected chi connectivity index (χ3v) is 5.13. The first-order valence-electron chi connectivity index (χ1n) is 7.92. The molecular formula is C17H20BrNO4. The second-order valence-electron chi connectivity index (χ2n) is 6.31. The molecule has 1 heterocycles. The number of amides is 1. The molecule has 0 spiro atoms. The Hall–Kier alpha value is -1.40. The maximum Gasteiger partial charge on any atom is 0.326 e. The SMILES string of the molecule is O=C(NC(C(=O)O)C1CCCOC1)C1CC1c1cccc(Br)c1. The van der Waals surface area contributed by atoms with Gasteiger partial charge in [-0.3, -0.25) is 4.79 Å². The van der Waals surface area contributed by atoms with Crippen LogP contribution in [0.2, 0.25) is 0 Å². The van der Waals surface area contributed by atoms with Gasteiger partial charge in [-0.05, 0) is 42.9 Å². The number of nitrogens with one attached hydrogen (secondary N) is 1. The Morgan fingerprint density at radius 1 is 1.39 bits per heavy atom. The minimum atomic E-state index is -0.978. The van der Waals surface area contributed by atoms with Crippen molar-refractivity contribution in [1.29, 1.82) is 0 Å². The summed E-state index contributed by atoms with van der Waals surface area (Å²) in [5.74, 6) is -1.23. The van der Waals surface area contributed by atoms with E-state index in [1.165, 1.54) is 0 Å². The van der Waals surface area contributed by atoms with Gasteiger partial charge in [-0.1, -0.05) is 28.1 Å². The van der Waals surface area contributed by atoms with Crippen molar-refractivity contribution < 1.29 is 19.4 Å². The van der Waals surface area contributed by atoms with Crippen molar-refractivity contribution in [3.8, 4) is 0 Å². The van der Waals surface area contributed by atoms with Crippen molar-refractivity contribution in [2.75, 3.05) is 13.2 Å². The van der Waals surface area contributed by atoms with Crippen LogP contribution in [0.4, 0.5) is 0 Å². The van der Waals surface area contributed by atoms with E-state index < -0.39 is 12.0 Å². The van der Waals surface area contributed by atoms with Crippen LogP contribution in [0.5, 0.6) is 0 Å². The Morgan fingerprint density at radius 2 is 2.22 bits per heavy atom. The average molecular weight is 382 g/mol. The summed E-state index contributed by atoms with van der Waals surface area (Å²) in [4.78, 5) is 23.9. The maximum absolute atomic E-state index is 12.4. The van der Waals surface area contributed by atoms with E-state index >= 15 is 0 Å². The molecule has 1 aliphatic heterocycles. The Labute approximate surface area is 143 Å². The molecular weight excluding hydrogens is 362 g/mol. The van der Waals surface area contributed by atoms with Gasteiger partial charge in [0.25, 0.3) is 0 Å². The summed E-state index contributed by atoms with van der Waals surface area (Å²) >= 11 is 3.43. The van der Waals surface area contributed by atoms with Crippen LogP contribution in [-0.2, 0) is 14.3 Å². The average Bonchev–Trinajstić information content (AvgIpc) is 3.33. The van der Waals surface area contributed by atoms with E-state index in [4.69, 9.17) is 4.74 Å². The van der Waals surface area contributed by atoms with E-state index in [1.807, 2.05) is 24.3 Å². The highest BCUT2D eigenvalue weighted by molar-refractivity contribution is 9.10. The van der Waals surface area contributed by atoms with Crippen molar-refractivity contribution >= 4 is 27.8 Å². The van der Waals surface area contributed by atoms with Crippen molar-refractivity contribution in [3.05, 3.63) is 34.3 Å². The predicted octanol–water partition coefficient (Wildman–Crippen LogP) is 2.55. The summed E-state index contributed by atoms with van der Waals surface area (Å²) in [6.45, 7) is 1.07. The number of carbonyl (C=O) groups is 2. The summed E-state index contributed by atoms with van der Waals surface area (Å²) in [6, 6.07) is 7.07. The Morgan fingerprint density at radius 3 is 2.87 bits per heavy atom. The van der Waals surface area contributed by atoms with Crippen molar-refractivity contribution in [1.82, 2.24) is 5.32 Å². The number of ether oxygens (including phenoxy) is 1. The lowest BCUT2D eigenvalue weighted by molar-refractivity contribution is -0.145. The zero-order chi connectivity index (χ0) is 16.4. The number of rotatable bonds is 5. The number of hydrogen-bond donors (Lipinski definition) is 2. The third-order valence-electron chi connectivity index (χ3n) is 4.63. The molecule has 0 aromatic heterocycles. The lowest BCUT2D eigenvalue weighted by atomic mass is 9.93. The van der Waals surface area contributed by atoms with E-state index in [2.05, 4.69) is 21.2 Å². The summed E-state index contributed by atoms with van der Waals surface area (Å²) in [7, 11) is 0. The predicted molar refractivity (Wildman–Crippen MR) is 88.1 cm³/mol. The van der Waals surface area contributed by atoms with Gasteiger partial charge in [-0.15, -0.1) is 0 Å². The summed E-state index contributed by atoms with van der Waals surface area (Å²) < 4.78 is 6.34. The van der Waals surface area contributed by atoms with Gasteiger partial charge in [0.1, 0.15) is 6.04 Å². The molecule has 2 N–H and O–H groups in total. The molecule has 4 unspecified atom stereocenters. The minimum Gasteiger partial charge on any atom is -0.480 e. The Bertz CT molecular complexity index is 600. The molecule has 0 radical (unpaired) electrons. The van der Waals surface area contributed by atoms with E-state index in [9.17, 15) is 14.7 Å². The van der Waals surface area contributed by atoms with E-state index in [1.54, 1.807) is 0 Å². The zero-order valence-electron chi connectivity index (χ0n) is 12.7. The molecule has 4 atom stereocenters. The Kier molecular flexibility index (Phi) is 5.02. The highest BCUT2D eigenvalue weighted by Crippen LogP contribution is 2.48. The zero-order valence-corrected chi connectivity index (χ0v) is 14.3. The molecule has 6 heteroatoms. The Balaban J connectivity index is 1.61. The molecule has 2 fully saturated rings. The van der Waals surface area contributed by atoms with Crippen LogP contribution in [-0.4, -0.2) is 36.2 Å². The number of aliphatic carboxylic acids is 1. The van der Waals surface area contributed by atoms with Crippen molar-refractivity contribution in [3.63, 3.8) is 0 Å². The summed E-state index contributed by atoms with van der Waals surface area (Å²) in [5, 5.41) is 12.2. The van der Waals surface area contributed by atoms with Crippen LogP contribution in [0, 0.1) is 11.8 Å². The van der Waals surface area contributed by atoms with Gasteiger partial charge in [0.2, 0.25) is 5.91 Å². The van der Waals surface area contributed by atoms with Crippen LogP contribution in [0.25, 0.3) is 0 Å². The molecule has 1 aliphatic carbocycles. The first-order chi connectivity index (χ1) is 11.1. The van der Waals surface area contributed by atoms with Crippen LogP contribution in [0.1, 0.15) is 30.7 Å². The topological polar surface area (TPSA) is 75.6 Å². The van der Waals surface area contributed by atoms with Gasteiger partial charge < -0.3 is 15.2 Å². The van der Waals surface area contributed by atoms with Gasteiger partial charge in [0.15, 0.2) is 0 Å². The van der Waals surface area contributed by atoms with Gasteiger partial charge in [-0.25, -0.2) is 4.79 Å². The normalized spacial score (nSPS) is 28.0. The number of benzene rings is 1. The highest BCUT2D eigenvalue weighted by Gasteiger charge is 2.45. The molecule has 124 valence electrons. The number of carboxylic acids is 1. The van der Waals surface area contributed by atoms with Crippen molar-refractivity contribution in [2.45, 2.75) is 31.2 Å². The van der Waals surface area contributed by atoms with Gasteiger partial charge >= 0.3 is 5.97 Å². The van der Waals surface area contributed by atoms with Gasteiger partial charge in [-0.2, -0.15) is 0 Å². The second kappa shape index (κ2) is 7.01. The van der Waals surface area contributed by atoms with E-state index in [0.717, 1.165) is 29.3 Å². The third kappa shape index (κ3) is 3.93. The first-order valence-corrected chi connectivity index (χ1v) is 8.72. The lowest BCUT2D eigenvalue weighted by Crippen LogP contribution is -2.49. The fourth-order valence-corrected chi connectivity index (χ4v) is 3.68. The maximum atomic E-state index is 12.4. The minimum absolute atomic E-state index is 0.129. The molecule has 1 aromatic rings. The largest absolute Gasteiger partial charge is 0.480 e. The number of carbonyl (C=O) groups excluding carboxylic acids is 1. The summed E-state index contributed by atoms with van der Waals surface area (Å²) in [6.07, 6.45) is 2.39. The molecule has 23 heavy (non-hydrogen) atoms. The molecule has 0 bridgehead atoms. The first kappa shape index (κ1) is 16.5. The number of halogens is 1. The number of hydrogen-bond acceptors (Lipinski definition) is 3. The van der Waals surface area contributed by atoms with Crippen LogP contribution in [0.15, 0.2) is 28.7 Å². The molecule has 3 rings (SSSR count). The lowest BCUT2D eigenvalue weighted by Gasteiger charge is -2.28. The molecule has 2 aliphatic rings. The highest BCUT2D eigenvalue weighted by atomic mass is 79.9. The molecule has 1 aromatic carbocycles. The smallest absolute Gasteiger partial charge is 0.326 e. The van der Waals surface area contributed by atoms with Gasteiger partial charge in [0.05, 0.1) is 6.61 Å². The fourth-order valence-electron chi connectivity index (χ4n) is 3.26. The molecule has 1 saturated heterocycles. The fraction of sp³-hybridized carbons (Fsp3) is 0.529.